The van der Waals surface area contributed by atoms with Crippen molar-refractivity contribution in [3.63, 3.8) is 0 Å². The Morgan fingerprint density at radius 2 is 1.91 bits per heavy atom. The highest BCUT2D eigenvalue weighted by Gasteiger charge is 2.33. The molecule has 0 radical (unpaired) electrons. The van der Waals surface area contributed by atoms with Crippen molar-refractivity contribution in [3.8, 4) is 6.07 Å². The second kappa shape index (κ2) is 10.3. The topological polar surface area (TPSA) is 107 Å². The summed E-state index contributed by atoms with van der Waals surface area (Å²) >= 11 is 6.42. The number of carboxylic acid groups (broad SMARTS) is 1. The Morgan fingerprint density at radius 3 is 2.47 bits per heavy atom. The molecule has 2 aliphatic rings. The van der Waals surface area contributed by atoms with Gasteiger partial charge in [0.25, 0.3) is 11.5 Å². The predicted molar refractivity (Wildman–Crippen MR) is 129 cm³/mol. The molecule has 0 saturated carbocycles. The van der Waals surface area contributed by atoms with Gasteiger partial charge in [0.1, 0.15) is 21.8 Å². The van der Waals surface area contributed by atoms with Crippen molar-refractivity contribution >= 4 is 52.1 Å². The van der Waals surface area contributed by atoms with Crippen LogP contribution in [0.2, 0.25) is 0 Å². The molecule has 0 atom stereocenters. The Morgan fingerprint density at radius 1 is 1.25 bits per heavy atom. The van der Waals surface area contributed by atoms with Gasteiger partial charge in [0.2, 0.25) is 0 Å². The number of pyridine rings is 1. The molecule has 1 amide bonds. The molecule has 0 aromatic carbocycles. The highest BCUT2D eigenvalue weighted by molar-refractivity contribution is 8.26. The fourth-order valence-corrected chi connectivity index (χ4v) is 5.38. The van der Waals surface area contributed by atoms with Gasteiger partial charge in [-0.3, -0.25) is 23.9 Å². The van der Waals surface area contributed by atoms with E-state index in [9.17, 15) is 19.6 Å². The van der Waals surface area contributed by atoms with Gasteiger partial charge in [-0.05, 0) is 38.3 Å². The Bertz CT molecular complexity index is 1080. The number of thiocarbonyl (C=S) groups is 1. The number of amides is 1. The SMILES string of the molecule is CCn1c(N2CCCCCC2)c(/C=C2\SC(=S)N(CCC(=O)O)C2=O)c(C)c(C#N)c1=O. The van der Waals surface area contributed by atoms with E-state index in [1.165, 1.54) is 4.90 Å². The fourth-order valence-electron chi connectivity index (χ4n) is 4.09. The monoisotopic (exact) mass is 474 g/mol. The summed E-state index contributed by atoms with van der Waals surface area (Å²) in [6, 6.07) is 2.03. The van der Waals surface area contributed by atoms with Crippen molar-refractivity contribution < 1.29 is 14.7 Å². The first-order valence-electron chi connectivity index (χ1n) is 10.7. The molecule has 0 aliphatic carbocycles. The van der Waals surface area contributed by atoms with E-state index >= 15 is 0 Å². The van der Waals surface area contributed by atoms with Crippen molar-refractivity contribution in [2.75, 3.05) is 24.5 Å². The first-order valence-corrected chi connectivity index (χ1v) is 11.9. The summed E-state index contributed by atoms with van der Waals surface area (Å²) in [4.78, 5) is 40.8. The number of aliphatic carboxylic acids is 1. The van der Waals surface area contributed by atoms with E-state index in [4.69, 9.17) is 17.3 Å². The van der Waals surface area contributed by atoms with Crippen molar-refractivity contribution in [3.05, 3.63) is 31.9 Å². The van der Waals surface area contributed by atoms with Crippen LogP contribution in [0.3, 0.4) is 0 Å². The first kappa shape index (κ1) is 24.0. The molecule has 1 N–H and O–H groups in total. The summed E-state index contributed by atoms with van der Waals surface area (Å²) in [7, 11) is 0. The third kappa shape index (κ3) is 4.74. The van der Waals surface area contributed by atoms with Gasteiger partial charge in [-0.15, -0.1) is 0 Å². The molecule has 0 spiro atoms. The molecule has 2 fully saturated rings. The third-order valence-corrected chi connectivity index (χ3v) is 7.14. The number of nitriles is 1. The summed E-state index contributed by atoms with van der Waals surface area (Å²) in [5, 5.41) is 18.6. The number of carboxylic acids is 1. The molecule has 32 heavy (non-hydrogen) atoms. The van der Waals surface area contributed by atoms with Gasteiger partial charge in [-0.2, -0.15) is 5.26 Å². The summed E-state index contributed by atoms with van der Waals surface area (Å²) in [6.45, 7) is 5.61. The van der Waals surface area contributed by atoms with Crippen molar-refractivity contribution in [1.29, 1.82) is 5.26 Å². The third-order valence-electron chi connectivity index (χ3n) is 5.77. The minimum Gasteiger partial charge on any atom is -0.481 e. The van der Waals surface area contributed by atoms with E-state index in [2.05, 4.69) is 4.90 Å². The molecule has 1 aromatic rings. The van der Waals surface area contributed by atoms with Crippen LogP contribution in [0, 0.1) is 18.3 Å². The highest BCUT2D eigenvalue weighted by Crippen LogP contribution is 2.36. The van der Waals surface area contributed by atoms with Crippen LogP contribution in [0.4, 0.5) is 5.82 Å². The average molecular weight is 475 g/mol. The number of thioether (sulfide) groups is 1. The molecule has 1 aromatic heterocycles. The van der Waals surface area contributed by atoms with Crippen LogP contribution in [0.5, 0.6) is 0 Å². The quantitative estimate of drug-likeness (QED) is 0.495. The average Bonchev–Trinajstić information content (AvgIpc) is 2.93. The van der Waals surface area contributed by atoms with Crippen LogP contribution in [-0.2, 0) is 16.1 Å². The lowest BCUT2D eigenvalue weighted by molar-refractivity contribution is -0.137. The second-order valence-electron chi connectivity index (χ2n) is 7.78. The van der Waals surface area contributed by atoms with E-state index in [1.807, 2.05) is 13.0 Å². The number of nitrogens with zero attached hydrogens (tertiary/aromatic N) is 4. The van der Waals surface area contributed by atoms with Gasteiger partial charge in [-0.1, -0.05) is 36.8 Å². The lowest BCUT2D eigenvalue weighted by Gasteiger charge is -2.29. The molecule has 10 heteroatoms. The minimum atomic E-state index is -1.00. The molecule has 2 saturated heterocycles. The van der Waals surface area contributed by atoms with Crippen molar-refractivity contribution in [2.45, 2.75) is 52.5 Å². The number of hydrogen-bond donors (Lipinski definition) is 1. The Hall–Kier alpha value is -2.64. The molecule has 170 valence electrons. The highest BCUT2D eigenvalue weighted by atomic mass is 32.2. The molecule has 0 bridgehead atoms. The van der Waals surface area contributed by atoms with Gasteiger partial charge < -0.3 is 10.0 Å². The van der Waals surface area contributed by atoms with Gasteiger partial charge in [0.05, 0.1) is 11.3 Å². The smallest absolute Gasteiger partial charge is 0.305 e. The molecular formula is C22H26N4O4S2. The fraction of sp³-hybridized carbons (Fsp3) is 0.500. The zero-order valence-corrected chi connectivity index (χ0v) is 19.9. The van der Waals surface area contributed by atoms with E-state index in [0.717, 1.165) is 56.4 Å². The van der Waals surface area contributed by atoms with E-state index < -0.39 is 5.97 Å². The van der Waals surface area contributed by atoms with Crippen LogP contribution < -0.4 is 10.5 Å². The Labute approximate surface area is 196 Å². The molecule has 3 heterocycles. The number of hydrogen-bond acceptors (Lipinski definition) is 7. The summed E-state index contributed by atoms with van der Waals surface area (Å²) in [5.41, 5.74) is 0.955. The lowest BCUT2D eigenvalue weighted by Crippen LogP contribution is -2.35. The molecule has 8 nitrogen and oxygen atoms in total. The molecule has 0 unspecified atom stereocenters. The van der Waals surface area contributed by atoms with Crippen LogP contribution in [0.1, 0.15) is 55.7 Å². The van der Waals surface area contributed by atoms with Crippen LogP contribution in [0.25, 0.3) is 6.08 Å². The van der Waals surface area contributed by atoms with Gasteiger partial charge in [0, 0.05) is 31.7 Å². The van der Waals surface area contributed by atoms with Gasteiger partial charge in [0.15, 0.2) is 0 Å². The second-order valence-corrected chi connectivity index (χ2v) is 9.45. The van der Waals surface area contributed by atoms with Crippen molar-refractivity contribution in [1.82, 2.24) is 9.47 Å². The number of carbonyl (C=O) groups is 2. The van der Waals surface area contributed by atoms with Crippen LogP contribution >= 0.6 is 24.0 Å². The van der Waals surface area contributed by atoms with E-state index in [0.29, 0.717) is 26.9 Å². The van der Waals surface area contributed by atoms with E-state index in [-0.39, 0.29) is 30.0 Å². The Balaban J connectivity index is 2.15. The Kier molecular flexibility index (Phi) is 7.74. The minimum absolute atomic E-state index is 0.00715. The lowest BCUT2D eigenvalue weighted by atomic mass is 10.0. The maximum absolute atomic E-state index is 13.0. The molecule has 2 aliphatic heterocycles. The van der Waals surface area contributed by atoms with Crippen LogP contribution in [-0.4, -0.2) is 50.4 Å². The molecule has 3 rings (SSSR count). The first-order chi connectivity index (χ1) is 15.3. The van der Waals surface area contributed by atoms with Crippen LogP contribution in [0.15, 0.2) is 9.70 Å². The predicted octanol–water partition coefficient (Wildman–Crippen LogP) is 3.10. The normalized spacial score (nSPS) is 18.2. The van der Waals surface area contributed by atoms with E-state index in [1.54, 1.807) is 17.6 Å². The summed E-state index contributed by atoms with van der Waals surface area (Å²) < 4.78 is 1.93. The number of aromatic nitrogens is 1. The zero-order chi connectivity index (χ0) is 23.4. The van der Waals surface area contributed by atoms with Crippen molar-refractivity contribution in [2.24, 2.45) is 0 Å². The standard InChI is InChI=1S/C22H26N4O4S2/c1-3-25-19(24-9-6-4-5-7-10-24)15(14(2)16(13-23)20(25)29)12-17-21(30)26(22(31)32-17)11-8-18(27)28/h12H,3-11H2,1-2H3,(H,27,28)/b17-12-. The summed E-state index contributed by atoms with van der Waals surface area (Å²) in [6.07, 6.45) is 5.78. The summed E-state index contributed by atoms with van der Waals surface area (Å²) in [5.74, 6) is -0.627. The molecular weight excluding hydrogens is 448 g/mol. The number of rotatable bonds is 6. The number of carbonyl (C=O) groups excluding carboxylic acids is 1. The number of anilines is 1. The van der Waals surface area contributed by atoms with Gasteiger partial charge >= 0.3 is 5.97 Å². The maximum Gasteiger partial charge on any atom is 0.305 e. The maximum atomic E-state index is 13.0. The van der Waals surface area contributed by atoms with Gasteiger partial charge in [-0.25, -0.2) is 0 Å². The zero-order valence-electron chi connectivity index (χ0n) is 18.2. The largest absolute Gasteiger partial charge is 0.481 e.